The van der Waals surface area contributed by atoms with E-state index in [2.05, 4.69) is 12.1 Å². The molecule has 0 spiro atoms. The van der Waals surface area contributed by atoms with Gasteiger partial charge < -0.3 is 9.80 Å². The Morgan fingerprint density at radius 2 is 1.94 bits per heavy atom. The molecule has 0 radical (unpaired) electrons. The molecular weight excluding hydrogens is 200 g/mol. The maximum absolute atomic E-state index is 11.8. The fraction of sp³-hybridized carbons (Fsp3) is 0.462. The van der Waals surface area contributed by atoms with Gasteiger partial charge in [-0.1, -0.05) is 30.3 Å². The normalized spacial score (nSPS) is 16.7. The van der Waals surface area contributed by atoms with Crippen LogP contribution in [0.5, 0.6) is 0 Å². The highest BCUT2D eigenvalue weighted by molar-refractivity contribution is 5.74. The van der Waals surface area contributed by atoms with E-state index in [1.54, 1.807) is 4.90 Å². The first-order valence-electron chi connectivity index (χ1n) is 5.81. The molecule has 1 aromatic rings. The molecule has 1 aliphatic rings. The van der Waals surface area contributed by atoms with Gasteiger partial charge in [-0.2, -0.15) is 0 Å². The lowest BCUT2D eigenvalue weighted by Gasteiger charge is -2.33. The standard InChI is InChI=1S/C13H18N2O/c1-14-9-5-10-15(13(14)16)11-8-12-6-3-2-4-7-12/h2-4,6-7H,5,8-11H2,1H3. The maximum atomic E-state index is 11.8. The maximum Gasteiger partial charge on any atom is 0.319 e. The third-order valence-corrected chi connectivity index (χ3v) is 3.03. The van der Waals surface area contributed by atoms with Crippen LogP contribution in [0.4, 0.5) is 4.79 Å². The van der Waals surface area contributed by atoms with E-state index in [-0.39, 0.29) is 6.03 Å². The van der Waals surface area contributed by atoms with Gasteiger partial charge in [0, 0.05) is 26.7 Å². The molecule has 0 unspecified atom stereocenters. The molecule has 0 atom stereocenters. The molecule has 0 bridgehead atoms. The largest absolute Gasteiger partial charge is 0.328 e. The van der Waals surface area contributed by atoms with Gasteiger partial charge in [-0.15, -0.1) is 0 Å². The van der Waals surface area contributed by atoms with E-state index in [1.807, 2.05) is 30.1 Å². The zero-order valence-corrected chi connectivity index (χ0v) is 9.72. The van der Waals surface area contributed by atoms with Crippen molar-refractivity contribution in [1.29, 1.82) is 0 Å². The number of urea groups is 1. The first-order chi connectivity index (χ1) is 7.77. The topological polar surface area (TPSA) is 23.6 Å². The molecule has 1 fully saturated rings. The van der Waals surface area contributed by atoms with Crippen molar-refractivity contribution in [3.05, 3.63) is 35.9 Å². The molecule has 3 heteroatoms. The van der Waals surface area contributed by atoms with E-state index in [9.17, 15) is 4.79 Å². The summed E-state index contributed by atoms with van der Waals surface area (Å²) in [6.07, 6.45) is 2.03. The van der Waals surface area contributed by atoms with Crippen LogP contribution in [0.2, 0.25) is 0 Å². The molecule has 0 saturated carbocycles. The molecule has 1 heterocycles. The number of hydrogen-bond donors (Lipinski definition) is 0. The molecule has 0 aliphatic carbocycles. The van der Waals surface area contributed by atoms with Crippen LogP contribution in [0, 0.1) is 0 Å². The summed E-state index contributed by atoms with van der Waals surface area (Å²) in [5, 5.41) is 0. The van der Waals surface area contributed by atoms with E-state index in [1.165, 1.54) is 5.56 Å². The Morgan fingerprint density at radius 3 is 2.69 bits per heavy atom. The Morgan fingerprint density at radius 1 is 1.19 bits per heavy atom. The van der Waals surface area contributed by atoms with Crippen LogP contribution >= 0.6 is 0 Å². The van der Waals surface area contributed by atoms with Gasteiger partial charge in [-0.25, -0.2) is 4.79 Å². The van der Waals surface area contributed by atoms with E-state index >= 15 is 0 Å². The zero-order chi connectivity index (χ0) is 11.4. The van der Waals surface area contributed by atoms with Gasteiger partial charge in [-0.05, 0) is 18.4 Å². The number of rotatable bonds is 3. The van der Waals surface area contributed by atoms with Gasteiger partial charge in [0.1, 0.15) is 0 Å². The number of carbonyl (C=O) groups excluding carboxylic acids is 1. The Labute approximate surface area is 96.7 Å². The van der Waals surface area contributed by atoms with Gasteiger partial charge in [0.05, 0.1) is 0 Å². The molecule has 2 amide bonds. The van der Waals surface area contributed by atoms with E-state index in [0.717, 1.165) is 32.5 Å². The van der Waals surface area contributed by atoms with Gasteiger partial charge in [-0.3, -0.25) is 0 Å². The molecule has 16 heavy (non-hydrogen) atoms. The monoisotopic (exact) mass is 218 g/mol. The summed E-state index contributed by atoms with van der Waals surface area (Å²) in [5.41, 5.74) is 1.29. The lowest BCUT2D eigenvalue weighted by Crippen LogP contribution is -2.47. The fourth-order valence-electron chi connectivity index (χ4n) is 2.05. The Bertz CT molecular complexity index is 350. The van der Waals surface area contributed by atoms with Crippen molar-refractivity contribution >= 4 is 6.03 Å². The molecule has 0 N–H and O–H groups in total. The summed E-state index contributed by atoms with van der Waals surface area (Å²) in [6.45, 7) is 2.61. The molecule has 3 nitrogen and oxygen atoms in total. The van der Waals surface area contributed by atoms with Gasteiger partial charge in [0.25, 0.3) is 0 Å². The van der Waals surface area contributed by atoms with Gasteiger partial charge in [0.2, 0.25) is 0 Å². The van der Waals surface area contributed by atoms with E-state index < -0.39 is 0 Å². The molecule has 1 aliphatic heterocycles. The van der Waals surface area contributed by atoms with Crippen LogP contribution in [0.3, 0.4) is 0 Å². The highest BCUT2D eigenvalue weighted by Crippen LogP contribution is 2.08. The smallest absolute Gasteiger partial charge is 0.319 e. The lowest BCUT2D eigenvalue weighted by atomic mass is 10.1. The Hall–Kier alpha value is -1.51. The van der Waals surface area contributed by atoms with Crippen molar-refractivity contribution in [1.82, 2.24) is 9.80 Å². The molecule has 0 aromatic heterocycles. The summed E-state index contributed by atoms with van der Waals surface area (Å²) in [6, 6.07) is 10.5. The van der Waals surface area contributed by atoms with E-state index in [0.29, 0.717) is 0 Å². The number of carbonyl (C=O) groups is 1. The quantitative estimate of drug-likeness (QED) is 0.761. The minimum atomic E-state index is 0.169. The molecule has 2 rings (SSSR count). The number of amides is 2. The third-order valence-electron chi connectivity index (χ3n) is 3.03. The highest BCUT2D eigenvalue weighted by Gasteiger charge is 2.21. The van der Waals surface area contributed by atoms with Crippen LogP contribution < -0.4 is 0 Å². The first-order valence-corrected chi connectivity index (χ1v) is 5.81. The summed E-state index contributed by atoms with van der Waals surface area (Å²) >= 11 is 0. The highest BCUT2D eigenvalue weighted by atomic mass is 16.2. The average molecular weight is 218 g/mol. The van der Waals surface area contributed by atoms with Crippen LogP contribution in [-0.4, -0.2) is 42.5 Å². The van der Waals surface area contributed by atoms with Crippen molar-refractivity contribution in [2.24, 2.45) is 0 Å². The third kappa shape index (κ3) is 2.54. The number of benzene rings is 1. The summed E-state index contributed by atoms with van der Waals surface area (Å²) in [4.78, 5) is 15.5. The Balaban J connectivity index is 1.88. The van der Waals surface area contributed by atoms with Crippen LogP contribution in [-0.2, 0) is 6.42 Å². The molecule has 1 aromatic carbocycles. The molecule has 1 saturated heterocycles. The van der Waals surface area contributed by atoms with Crippen LogP contribution in [0.25, 0.3) is 0 Å². The second-order valence-corrected chi connectivity index (χ2v) is 4.28. The lowest BCUT2D eigenvalue weighted by molar-refractivity contribution is 0.142. The van der Waals surface area contributed by atoms with Crippen molar-refractivity contribution in [2.45, 2.75) is 12.8 Å². The minimum Gasteiger partial charge on any atom is -0.328 e. The van der Waals surface area contributed by atoms with Crippen molar-refractivity contribution < 1.29 is 4.79 Å². The Kier molecular flexibility index (Phi) is 3.44. The second-order valence-electron chi connectivity index (χ2n) is 4.28. The fourth-order valence-corrected chi connectivity index (χ4v) is 2.05. The molecule has 86 valence electrons. The predicted molar refractivity (Wildman–Crippen MR) is 64.4 cm³/mol. The van der Waals surface area contributed by atoms with Crippen molar-refractivity contribution in [2.75, 3.05) is 26.7 Å². The van der Waals surface area contributed by atoms with Gasteiger partial charge >= 0.3 is 6.03 Å². The minimum absolute atomic E-state index is 0.169. The van der Waals surface area contributed by atoms with E-state index in [4.69, 9.17) is 0 Å². The second kappa shape index (κ2) is 5.01. The van der Waals surface area contributed by atoms with Crippen LogP contribution in [0.15, 0.2) is 30.3 Å². The zero-order valence-electron chi connectivity index (χ0n) is 9.72. The average Bonchev–Trinajstić information content (AvgIpc) is 2.32. The van der Waals surface area contributed by atoms with Crippen LogP contribution in [0.1, 0.15) is 12.0 Å². The number of hydrogen-bond acceptors (Lipinski definition) is 1. The first kappa shape index (κ1) is 11.0. The summed E-state index contributed by atoms with van der Waals surface area (Å²) in [5.74, 6) is 0. The predicted octanol–water partition coefficient (Wildman–Crippen LogP) is 1.99. The number of nitrogens with zero attached hydrogens (tertiary/aromatic N) is 2. The van der Waals surface area contributed by atoms with Crippen molar-refractivity contribution in [3.63, 3.8) is 0 Å². The van der Waals surface area contributed by atoms with Crippen molar-refractivity contribution in [3.8, 4) is 0 Å². The SMILES string of the molecule is CN1CCCN(CCc2ccccc2)C1=O. The summed E-state index contributed by atoms with van der Waals surface area (Å²) < 4.78 is 0. The summed E-state index contributed by atoms with van der Waals surface area (Å²) in [7, 11) is 1.87. The molecular formula is C13H18N2O. The van der Waals surface area contributed by atoms with Gasteiger partial charge in [0.15, 0.2) is 0 Å².